The van der Waals surface area contributed by atoms with Crippen LogP contribution in [0.2, 0.25) is 0 Å². The van der Waals surface area contributed by atoms with Crippen LogP contribution in [-0.2, 0) is 11.2 Å². The fraction of sp³-hybridized carbons (Fsp3) is 0.250. The summed E-state index contributed by atoms with van der Waals surface area (Å²) in [5.74, 6) is 1.37. The third-order valence-corrected chi connectivity index (χ3v) is 5.65. The molecule has 0 aromatic heterocycles. The first-order chi connectivity index (χ1) is 15.2. The van der Waals surface area contributed by atoms with Crippen LogP contribution in [0, 0.1) is 0 Å². The molecule has 0 spiro atoms. The maximum absolute atomic E-state index is 13.0. The van der Waals surface area contributed by atoms with Crippen LogP contribution in [0.1, 0.15) is 18.4 Å². The predicted octanol–water partition coefficient (Wildman–Crippen LogP) is 4.18. The summed E-state index contributed by atoms with van der Waals surface area (Å²) in [4.78, 5) is 25.8. The summed E-state index contributed by atoms with van der Waals surface area (Å²) in [5, 5.41) is 8.08. The number of amides is 3. The molecule has 7 nitrogen and oxygen atoms in total. The van der Waals surface area contributed by atoms with E-state index in [1.165, 1.54) is 5.01 Å². The third-order valence-electron chi connectivity index (χ3n) is 5.65. The van der Waals surface area contributed by atoms with Crippen molar-refractivity contribution >= 4 is 28.4 Å². The van der Waals surface area contributed by atoms with Crippen LogP contribution in [-0.4, -0.2) is 41.8 Å². The molecule has 0 radical (unpaired) electrons. The number of hydrogen-bond donors (Lipinski definition) is 1. The molecule has 3 aromatic rings. The predicted molar refractivity (Wildman–Crippen MR) is 117 cm³/mol. The maximum Gasteiger partial charge on any atom is 0.340 e. The number of carbonyl (C=O) groups is 2. The SMILES string of the molecule is O=C(CCc1ccc2c(c1)OCO2)N1CCCN1C(=O)Nc1cccc2ccccc12. The third kappa shape index (κ3) is 3.86. The molecule has 2 aliphatic heterocycles. The number of benzene rings is 3. The second kappa shape index (κ2) is 8.18. The van der Waals surface area contributed by atoms with E-state index in [-0.39, 0.29) is 18.7 Å². The van der Waals surface area contributed by atoms with E-state index in [0.29, 0.717) is 31.7 Å². The van der Waals surface area contributed by atoms with Crippen LogP contribution in [0.25, 0.3) is 10.8 Å². The molecule has 0 unspecified atom stereocenters. The van der Waals surface area contributed by atoms with Gasteiger partial charge in [-0.3, -0.25) is 9.80 Å². The lowest BCUT2D eigenvalue weighted by Crippen LogP contribution is -2.46. The van der Waals surface area contributed by atoms with Crippen molar-refractivity contribution in [3.8, 4) is 11.5 Å². The van der Waals surface area contributed by atoms with E-state index in [4.69, 9.17) is 9.47 Å². The lowest BCUT2D eigenvalue weighted by Gasteiger charge is -2.28. The lowest BCUT2D eigenvalue weighted by atomic mass is 10.1. The molecule has 158 valence electrons. The number of nitrogens with zero attached hydrogens (tertiary/aromatic N) is 2. The summed E-state index contributed by atoms with van der Waals surface area (Å²) in [6.07, 6.45) is 1.65. The number of ether oxygens (including phenoxy) is 2. The van der Waals surface area contributed by atoms with Gasteiger partial charge in [-0.1, -0.05) is 42.5 Å². The van der Waals surface area contributed by atoms with Crippen molar-refractivity contribution in [2.24, 2.45) is 0 Å². The summed E-state index contributed by atoms with van der Waals surface area (Å²) in [6.45, 7) is 1.29. The maximum atomic E-state index is 13.0. The first kappa shape index (κ1) is 19.2. The number of rotatable bonds is 4. The molecule has 31 heavy (non-hydrogen) atoms. The van der Waals surface area contributed by atoms with Crippen molar-refractivity contribution in [3.63, 3.8) is 0 Å². The van der Waals surface area contributed by atoms with Crippen molar-refractivity contribution in [2.45, 2.75) is 19.3 Å². The zero-order valence-electron chi connectivity index (χ0n) is 17.0. The molecule has 0 saturated carbocycles. The Hall–Kier alpha value is -3.74. The number of carbonyl (C=O) groups excluding carboxylic acids is 2. The molecule has 1 saturated heterocycles. The minimum Gasteiger partial charge on any atom is -0.454 e. The highest BCUT2D eigenvalue weighted by Crippen LogP contribution is 2.33. The topological polar surface area (TPSA) is 71.1 Å². The van der Waals surface area contributed by atoms with Crippen molar-refractivity contribution in [1.29, 1.82) is 0 Å². The Labute approximate surface area is 180 Å². The van der Waals surface area contributed by atoms with Gasteiger partial charge in [-0.15, -0.1) is 0 Å². The van der Waals surface area contributed by atoms with Crippen molar-refractivity contribution in [2.75, 3.05) is 25.2 Å². The van der Waals surface area contributed by atoms with Gasteiger partial charge >= 0.3 is 6.03 Å². The highest BCUT2D eigenvalue weighted by atomic mass is 16.7. The summed E-state index contributed by atoms with van der Waals surface area (Å²) in [5.41, 5.74) is 1.74. The van der Waals surface area contributed by atoms with Gasteiger partial charge in [0.15, 0.2) is 11.5 Å². The molecule has 3 aromatic carbocycles. The molecule has 1 fully saturated rings. The van der Waals surface area contributed by atoms with Gasteiger partial charge in [0.2, 0.25) is 12.7 Å². The Kier molecular flexibility index (Phi) is 5.08. The summed E-state index contributed by atoms with van der Waals surface area (Å²) in [7, 11) is 0. The van der Waals surface area contributed by atoms with Crippen molar-refractivity contribution < 1.29 is 19.1 Å². The van der Waals surface area contributed by atoms with E-state index in [1.54, 1.807) is 5.01 Å². The molecule has 0 atom stereocenters. The van der Waals surface area contributed by atoms with Crippen LogP contribution >= 0.6 is 0 Å². The number of hydrazine groups is 1. The number of hydrogen-bond acceptors (Lipinski definition) is 4. The minimum absolute atomic E-state index is 0.0664. The van der Waals surface area contributed by atoms with Crippen LogP contribution in [0.3, 0.4) is 0 Å². The quantitative estimate of drug-likeness (QED) is 0.691. The number of fused-ring (bicyclic) bond motifs is 2. The fourth-order valence-corrected chi connectivity index (χ4v) is 4.07. The highest BCUT2D eigenvalue weighted by molar-refractivity contribution is 6.02. The van der Waals surface area contributed by atoms with E-state index in [9.17, 15) is 9.59 Å². The summed E-state index contributed by atoms with van der Waals surface area (Å²) < 4.78 is 10.7. The fourth-order valence-electron chi connectivity index (χ4n) is 4.07. The lowest BCUT2D eigenvalue weighted by molar-refractivity contribution is -0.139. The highest BCUT2D eigenvalue weighted by Gasteiger charge is 2.30. The molecule has 5 rings (SSSR count). The average Bonchev–Trinajstić information content (AvgIpc) is 3.47. The first-order valence-corrected chi connectivity index (χ1v) is 10.4. The molecule has 2 aliphatic rings. The van der Waals surface area contributed by atoms with Gasteiger partial charge in [0, 0.05) is 24.9 Å². The molecule has 2 heterocycles. The number of anilines is 1. The molecular formula is C24H23N3O4. The standard InChI is InChI=1S/C24H23N3O4/c28-23(12-10-17-9-11-21-22(15-17)31-16-30-21)26-13-4-14-27(26)24(29)25-20-8-3-6-18-5-1-2-7-19(18)20/h1-3,5-9,11,15H,4,10,12-14,16H2,(H,25,29). The monoisotopic (exact) mass is 417 g/mol. The van der Waals surface area contributed by atoms with Gasteiger partial charge in [0.05, 0.1) is 5.69 Å². The van der Waals surface area contributed by atoms with Crippen LogP contribution < -0.4 is 14.8 Å². The molecular weight excluding hydrogens is 394 g/mol. The Bertz CT molecular complexity index is 1140. The average molecular weight is 417 g/mol. The van der Waals surface area contributed by atoms with Crippen LogP contribution in [0.5, 0.6) is 11.5 Å². The molecule has 1 N–H and O–H groups in total. The number of aryl methyl sites for hydroxylation is 1. The second-order valence-electron chi connectivity index (χ2n) is 7.64. The van der Waals surface area contributed by atoms with Gasteiger partial charge in [0.1, 0.15) is 0 Å². The van der Waals surface area contributed by atoms with Crippen LogP contribution in [0.4, 0.5) is 10.5 Å². The van der Waals surface area contributed by atoms with E-state index < -0.39 is 0 Å². The Morgan fingerprint density at radius 3 is 2.65 bits per heavy atom. The van der Waals surface area contributed by atoms with Crippen molar-refractivity contribution in [3.05, 3.63) is 66.2 Å². The summed E-state index contributed by atoms with van der Waals surface area (Å²) >= 11 is 0. The van der Waals surface area contributed by atoms with Crippen LogP contribution in [0.15, 0.2) is 60.7 Å². The first-order valence-electron chi connectivity index (χ1n) is 10.4. The van der Waals surface area contributed by atoms with Gasteiger partial charge in [-0.05, 0) is 42.0 Å². The molecule has 3 amide bonds. The molecule has 0 bridgehead atoms. The largest absolute Gasteiger partial charge is 0.454 e. The second-order valence-corrected chi connectivity index (χ2v) is 7.64. The molecule has 0 aliphatic carbocycles. The Balaban J connectivity index is 1.24. The van der Waals surface area contributed by atoms with Gasteiger partial charge < -0.3 is 14.8 Å². The smallest absolute Gasteiger partial charge is 0.340 e. The minimum atomic E-state index is -0.287. The number of nitrogens with one attached hydrogen (secondary N) is 1. The Morgan fingerprint density at radius 2 is 1.71 bits per heavy atom. The van der Waals surface area contributed by atoms with E-state index in [2.05, 4.69) is 5.32 Å². The summed E-state index contributed by atoms with van der Waals surface area (Å²) in [6, 6.07) is 19.1. The van der Waals surface area contributed by atoms with Gasteiger partial charge in [-0.25, -0.2) is 9.80 Å². The number of urea groups is 1. The van der Waals surface area contributed by atoms with E-state index in [0.717, 1.165) is 34.2 Å². The normalized spacial score (nSPS) is 14.8. The van der Waals surface area contributed by atoms with Crippen molar-refractivity contribution in [1.82, 2.24) is 10.0 Å². The van der Waals surface area contributed by atoms with Gasteiger partial charge in [0.25, 0.3) is 0 Å². The van der Waals surface area contributed by atoms with Gasteiger partial charge in [-0.2, -0.15) is 0 Å². The zero-order valence-corrected chi connectivity index (χ0v) is 17.0. The molecule has 7 heteroatoms. The zero-order chi connectivity index (χ0) is 21.2. The van der Waals surface area contributed by atoms with E-state index in [1.807, 2.05) is 60.7 Å². The van der Waals surface area contributed by atoms with E-state index >= 15 is 0 Å². The Morgan fingerprint density at radius 1 is 0.903 bits per heavy atom.